The first kappa shape index (κ1) is 18.7. The van der Waals surface area contributed by atoms with Gasteiger partial charge in [-0.2, -0.15) is 17.4 Å². The second kappa shape index (κ2) is 7.94. The lowest BCUT2D eigenvalue weighted by Gasteiger charge is -2.34. The predicted octanol–water partition coefficient (Wildman–Crippen LogP) is 1.82. The van der Waals surface area contributed by atoms with Crippen LogP contribution in [0.1, 0.15) is 36.8 Å². The summed E-state index contributed by atoms with van der Waals surface area (Å²) in [6, 6.07) is 8.06. The number of nitrogens with zero attached hydrogens (tertiary/aromatic N) is 1. The Kier molecular flexibility index (Phi) is 6.45. The van der Waals surface area contributed by atoms with Crippen molar-refractivity contribution in [3.8, 4) is 0 Å². The molecular weight excluding hydrogens is 334 g/mol. The van der Waals surface area contributed by atoms with Gasteiger partial charge in [0.05, 0.1) is 0 Å². The van der Waals surface area contributed by atoms with Crippen molar-refractivity contribution < 1.29 is 8.42 Å². The van der Waals surface area contributed by atoms with Crippen molar-refractivity contribution >= 4 is 22.6 Å². The fourth-order valence-electron chi connectivity index (χ4n) is 3.59. The normalized spacial score (nSPS) is 25.4. The largest absolute Gasteiger partial charge is 0.330 e. The van der Waals surface area contributed by atoms with E-state index >= 15 is 0 Å². The van der Waals surface area contributed by atoms with Crippen LogP contribution in [0.4, 0.5) is 0 Å². The van der Waals surface area contributed by atoms with Gasteiger partial charge in [-0.1, -0.05) is 37.1 Å². The Morgan fingerprint density at radius 2 is 1.87 bits per heavy atom. The molecule has 1 aliphatic carbocycles. The number of hydrogen-bond acceptors (Lipinski definition) is 3. The summed E-state index contributed by atoms with van der Waals surface area (Å²) in [4.78, 5) is 0. The SMILES string of the molecule is Cl.NCC1CCCCC1NS(=O)(=O)N1CCc2ccccc2C1. The quantitative estimate of drug-likeness (QED) is 0.861. The molecule has 1 saturated carbocycles. The van der Waals surface area contributed by atoms with Crippen LogP contribution in [0.15, 0.2) is 24.3 Å². The highest BCUT2D eigenvalue weighted by Gasteiger charge is 2.32. The molecule has 130 valence electrons. The molecule has 2 unspecified atom stereocenters. The molecule has 0 bridgehead atoms. The van der Waals surface area contributed by atoms with Crippen molar-refractivity contribution in [1.29, 1.82) is 0 Å². The Labute approximate surface area is 145 Å². The molecule has 3 N–H and O–H groups in total. The third-order valence-corrected chi connectivity index (χ3v) is 6.54. The van der Waals surface area contributed by atoms with Gasteiger partial charge in [0.1, 0.15) is 0 Å². The summed E-state index contributed by atoms with van der Waals surface area (Å²) in [7, 11) is -3.44. The molecular formula is C16H26ClN3O2S. The first-order chi connectivity index (χ1) is 10.6. The van der Waals surface area contributed by atoms with Crippen LogP contribution in [0.3, 0.4) is 0 Å². The highest BCUT2D eigenvalue weighted by Crippen LogP contribution is 2.26. The monoisotopic (exact) mass is 359 g/mol. The highest BCUT2D eigenvalue weighted by atomic mass is 35.5. The molecule has 0 radical (unpaired) electrons. The fraction of sp³-hybridized carbons (Fsp3) is 0.625. The predicted molar refractivity (Wildman–Crippen MR) is 94.7 cm³/mol. The molecule has 1 aromatic rings. The lowest BCUT2D eigenvalue weighted by molar-refractivity contribution is 0.286. The van der Waals surface area contributed by atoms with Crippen LogP contribution in [-0.4, -0.2) is 31.9 Å². The zero-order chi connectivity index (χ0) is 15.6. The van der Waals surface area contributed by atoms with E-state index in [1.54, 1.807) is 4.31 Å². The van der Waals surface area contributed by atoms with Crippen LogP contribution in [0.2, 0.25) is 0 Å². The first-order valence-corrected chi connectivity index (χ1v) is 9.58. The van der Waals surface area contributed by atoms with Crippen molar-refractivity contribution in [2.24, 2.45) is 11.7 Å². The Morgan fingerprint density at radius 1 is 1.17 bits per heavy atom. The van der Waals surface area contributed by atoms with Gasteiger partial charge in [-0.25, -0.2) is 0 Å². The van der Waals surface area contributed by atoms with Gasteiger partial charge in [0.25, 0.3) is 10.2 Å². The lowest BCUT2D eigenvalue weighted by atomic mass is 9.85. The van der Waals surface area contributed by atoms with Gasteiger partial charge in [0.2, 0.25) is 0 Å². The summed E-state index contributed by atoms with van der Waals surface area (Å²) in [5.74, 6) is 0.264. The van der Waals surface area contributed by atoms with Gasteiger partial charge in [0, 0.05) is 19.1 Å². The molecule has 3 rings (SSSR count). The molecule has 7 heteroatoms. The number of fused-ring (bicyclic) bond motifs is 1. The van der Waals surface area contributed by atoms with E-state index < -0.39 is 10.2 Å². The molecule has 2 atom stereocenters. The van der Waals surface area contributed by atoms with Gasteiger partial charge in [0.15, 0.2) is 0 Å². The number of rotatable bonds is 4. The minimum Gasteiger partial charge on any atom is -0.330 e. The van der Waals surface area contributed by atoms with E-state index in [4.69, 9.17) is 5.73 Å². The van der Waals surface area contributed by atoms with E-state index in [9.17, 15) is 8.42 Å². The van der Waals surface area contributed by atoms with Gasteiger partial charge < -0.3 is 5.73 Å². The smallest absolute Gasteiger partial charge is 0.280 e. The summed E-state index contributed by atoms with van der Waals surface area (Å²) in [6.45, 7) is 1.56. The van der Waals surface area contributed by atoms with Crippen molar-refractivity contribution in [2.75, 3.05) is 13.1 Å². The van der Waals surface area contributed by atoms with Crippen LogP contribution in [0.25, 0.3) is 0 Å². The number of nitrogens with one attached hydrogen (secondary N) is 1. The maximum absolute atomic E-state index is 12.7. The topological polar surface area (TPSA) is 75.4 Å². The van der Waals surface area contributed by atoms with E-state index in [-0.39, 0.29) is 24.4 Å². The van der Waals surface area contributed by atoms with Crippen LogP contribution < -0.4 is 10.5 Å². The van der Waals surface area contributed by atoms with Crippen LogP contribution >= 0.6 is 12.4 Å². The van der Waals surface area contributed by atoms with Crippen molar-refractivity contribution in [3.63, 3.8) is 0 Å². The Bertz CT molecular complexity index is 624. The highest BCUT2D eigenvalue weighted by molar-refractivity contribution is 7.87. The second-order valence-corrected chi connectivity index (χ2v) is 8.06. The minimum absolute atomic E-state index is 0. The summed E-state index contributed by atoms with van der Waals surface area (Å²) in [6.07, 6.45) is 4.92. The second-order valence-electron chi connectivity index (χ2n) is 6.36. The van der Waals surface area contributed by atoms with E-state index in [0.717, 1.165) is 37.7 Å². The van der Waals surface area contributed by atoms with Gasteiger partial charge >= 0.3 is 0 Å². The lowest BCUT2D eigenvalue weighted by Crippen LogP contribution is -2.51. The van der Waals surface area contributed by atoms with Gasteiger partial charge in [-0.3, -0.25) is 0 Å². The first-order valence-electron chi connectivity index (χ1n) is 8.14. The molecule has 1 aliphatic heterocycles. The molecule has 1 fully saturated rings. The average molecular weight is 360 g/mol. The van der Waals surface area contributed by atoms with Gasteiger partial charge in [-0.15, -0.1) is 12.4 Å². The molecule has 0 aromatic heterocycles. The van der Waals surface area contributed by atoms with E-state index in [1.807, 2.05) is 18.2 Å². The molecule has 0 saturated heterocycles. The third kappa shape index (κ3) is 4.25. The standard InChI is InChI=1S/C16H25N3O2S.ClH/c17-11-14-6-3-4-8-16(14)18-22(20,21)19-10-9-13-5-1-2-7-15(13)12-19;/h1-2,5,7,14,16,18H,3-4,6,8-12,17H2;1H. The van der Waals surface area contributed by atoms with Crippen LogP contribution in [0.5, 0.6) is 0 Å². The maximum atomic E-state index is 12.7. The van der Waals surface area contributed by atoms with Gasteiger partial charge in [-0.05, 0) is 42.9 Å². The summed E-state index contributed by atoms with van der Waals surface area (Å²) >= 11 is 0. The summed E-state index contributed by atoms with van der Waals surface area (Å²) in [5, 5.41) is 0. The van der Waals surface area contributed by atoms with E-state index in [0.29, 0.717) is 19.6 Å². The summed E-state index contributed by atoms with van der Waals surface area (Å²) < 4.78 is 29.9. The molecule has 1 heterocycles. The van der Waals surface area contributed by atoms with Crippen LogP contribution in [0, 0.1) is 5.92 Å². The zero-order valence-electron chi connectivity index (χ0n) is 13.3. The van der Waals surface area contributed by atoms with E-state index in [1.165, 1.54) is 5.56 Å². The fourth-order valence-corrected chi connectivity index (χ4v) is 5.07. The molecule has 5 nitrogen and oxygen atoms in total. The summed E-state index contributed by atoms with van der Waals surface area (Å²) in [5.41, 5.74) is 8.17. The van der Waals surface area contributed by atoms with Crippen molar-refractivity contribution in [3.05, 3.63) is 35.4 Å². The Balaban J connectivity index is 0.00000192. The number of halogens is 1. The molecule has 0 spiro atoms. The Morgan fingerprint density at radius 3 is 2.61 bits per heavy atom. The molecule has 23 heavy (non-hydrogen) atoms. The number of nitrogens with two attached hydrogens (primary N) is 1. The van der Waals surface area contributed by atoms with E-state index in [2.05, 4.69) is 10.8 Å². The van der Waals surface area contributed by atoms with Crippen LogP contribution in [-0.2, 0) is 23.2 Å². The minimum atomic E-state index is -3.44. The number of hydrogen-bond donors (Lipinski definition) is 2. The maximum Gasteiger partial charge on any atom is 0.280 e. The average Bonchev–Trinajstić information content (AvgIpc) is 2.54. The number of benzene rings is 1. The van der Waals surface area contributed by atoms with Crippen molar-refractivity contribution in [2.45, 2.75) is 44.7 Å². The molecule has 1 aromatic carbocycles. The molecule has 2 aliphatic rings. The Hall–Kier alpha value is -0.660. The third-order valence-electron chi connectivity index (χ3n) is 4.95. The zero-order valence-corrected chi connectivity index (χ0v) is 14.9. The molecule has 0 amide bonds. The van der Waals surface area contributed by atoms with Crippen molar-refractivity contribution in [1.82, 2.24) is 9.03 Å².